The van der Waals surface area contributed by atoms with Crippen molar-refractivity contribution in [1.82, 2.24) is 0 Å². The standard InChI is InChI=1S/C5H12O3SSi.Na.H/c1-5(9)8-10(4,6-2)7-3;;/h1-4H3;;/q;+1;-1. The molecule has 0 unspecified atom stereocenters. The Bertz CT molecular complexity index is 134. The van der Waals surface area contributed by atoms with Crippen LogP contribution in [0.5, 0.6) is 0 Å². The Morgan fingerprint density at radius 1 is 1.36 bits per heavy atom. The molecule has 0 aliphatic carbocycles. The average molecular weight is 204 g/mol. The van der Waals surface area contributed by atoms with Crippen LogP contribution in [0.3, 0.4) is 0 Å². The molecular formula is C5H13NaO3SSi. The first-order valence-electron chi connectivity index (χ1n) is 2.84. The van der Waals surface area contributed by atoms with E-state index in [9.17, 15) is 0 Å². The number of hydrogen-bond acceptors (Lipinski definition) is 4. The van der Waals surface area contributed by atoms with E-state index in [-0.39, 0.29) is 31.0 Å². The molecule has 0 aromatic heterocycles. The number of hydrogen-bond donors (Lipinski definition) is 0. The van der Waals surface area contributed by atoms with Crippen LogP contribution in [0, 0.1) is 0 Å². The van der Waals surface area contributed by atoms with E-state index in [1.165, 1.54) is 0 Å². The van der Waals surface area contributed by atoms with Crippen LogP contribution in [0.2, 0.25) is 6.55 Å². The van der Waals surface area contributed by atoms with Crippen molar-refractivity contribution in [3.8, 4) is 0 Å². The largest absolute Gasteiger partial charge is 1.00 e. The van der Waals surface area contributed by atoms with Crippen molar-refractivity contribution >= 4 is 26.1 Å². The molecule has 0 radical (unpaired) electrons. The SMILES string of the molecule is CO[Si](C)(OC)OC(C)=S.[H-].[Na+]. The molecule has 0 aromatic rings. The fourth-order valence-corrected chi connectivity index (χ4v) is 1.74. The molecule has 0 saturated carbocycles. The molecule has 0 rings (SSSR count). The van der Waals surface area contributed by atoms with Crippen LogP contribution in [0.4, 0.5) is 0 Å². The van der Waals surface area contributed by atoms with Crippen molar-refractivity contribution in [2.24, 2.45) is 0 Å². The van der Waals surface area contributed by atoms with E-state index in [2.05, 4.69) is 0 Å². The molecule has 0 N–H and O–H groups in total. The first-order chi connectivity index (χ1) is 4.54. The van der Waals surface area contributed by atoms with Gasteiger partial charge in [0, 0.05) is 27.7 Å². The summed E-state index contributed by atoms with van der Waals surface area (Å²) in [5, 5.41) is 0.456. The zero-order chi connectivity index (χ0) is 8.20. The van der Waals surface area contributed by atoms with E-state index in [4.69, 9.17) is 25.5 Å². The molecule has 0 heterocycles. The zero-order valence-corrected chi connectivity index (χ0v) is 11.4. The smallest absolute Gasteiger partial charge is 1.00 e. The summed E-state index contributed by atoms with van der Waals surface area (Å²) in [6.45, 7) is 3.47. The molecule has 3 nitrogen and oxygen atoms in total. The average Bonchev–Trinajstić information content (AvgIpc) is 1.87. The van der Waals surface area contributed by atoms with Crippen molar-refractivity contribution in [3.05, 3.63) is 0 Å². The molecule has 0 bridgehead atoms. The second-order valence-electron chi connectivity index (χ2n) is 1.86. The third kappa shape index (κ3) is 6.21. The molecule has 0 aromatic carbocycles. The summed E-state index contributed by atoms with van der Waals surface area (Å²) < 4.78 is 15.2. The molecule has 6 heteroatoms. The maximum Gasteiger partial charge on any atom is 1.00 e. The van der Waals surface area contributed by atoms with Crippen LogP contribution < -0.4 is 29.6 Å². The molecule has 0 aliphatic heterocycles. The van der Waals surface area contributed by atoms with Gasteiger partial charge in [0.25, 0.3) is 0 Å². The fourth-order valence-electron chi connectivity index (χ4n) is 0.428. The van der Waals surface area contributed by atoms with Crippen molar-refractivity contribution in [3.63, 3.8) is 0 Å². The van der Waals surface area contributed by atoms with Gasteiger partial charge in [0.15, 0.2) is 0 Å². The summed E-state index contributed by atoms with van der Waals surface area (Å²) >= 11 is 4.73. The summed E-state index contributed by atoms with van der Waals surface area (Å²) in [5.41, 5.74) is 0. The molecule has 0 amide bonds. The van der Waals surface area contributed by atoms with Crippen LogP contribution in [0.15, 0.2) is 0 Å². The van der Waals surface area contributed by atoms with E-state index in [1.54, 1.807) is 27.7 Å². The van der Waals surface area contributed by atoms with Crippen LogP contribution in [0.25, 0.3) is 0 Å². The van der Waals surface area contributed by atoms with Gasteiger partial charge in [-0.1, -0.05) is 0 Å². The van der Waals surface area contributed by atoms with Crippen molar-refractivity contribution in [2.75, 3.05) is 14.2 Å². The van der Waals surface area contributed by atoms with Crippen LogP contribution >= 0.6 is 12.2 Å². The molecule has 62 valence electrons. The quantitative estimate of drug-likeness (QED) is 0.406. The van der Waals surface area contributed by atoms with Gasteiger partial charge in [0.2, 0.25) is 0 Å². The summed E-state index contributed by atoms with van der Waals surface area (Å²) in [5.74, 6) is 0. The zero-order valence-electron chi connectivity index (χ0n) is 8.63. The molecule has 0 saturated heterocycles. The van der Waals surface area contributed by atoms with Gasteiger partial charge >= 0.3 is 38.4 Å². The molecule has 11 heavy (non-hydrogen) atoms. The summed E-state index contributed by atoms with van der Waals surface area (Å²) in [7, 11) is 0.698. The molecule has 0 fully saturated rings. The first kappa shape index (κ1) is 14.5. The normalized spacial score (nSPS) is 10.2. The number of thiocarbonyl (C=S) groups is 1. The fraction of sp³-hybridized carbons (Fsp3) is 0.800. The monoisotopic (exact) mass is 204 g/mol. The van der Waals surface area contributed by atoms with Crippen LogP contribution in [-0.4, -0.2) is 28.1 Å². The Balaban J connectivity index is -0.000000405. The molecule has 0 spiro atoms. The Labute approximate surface area is 97.5 Å². The van der Waals surface area contributed by atoms with Gasteiger partial charge in [-0.05, 0) is 12.2 Å². The van der Waals surface area contributed by atoms with Gasteiger partial charge in [-0.15, -0.1) is 0 Å². The third-order valence-corrected chi connectivity index (χ3v) is 3.46. The van der Waals surface area contributed by atoms with Gasteiger partial charge in [-0.3, -0.25) is 0 Å². The van der Waals surface area contributed by atoms with Gasteiger partial charge in [0.1, 0.15) is 5.05 Å². The minimum Gasteiger partial charge on any atom is -1.00 e. The van der Waals surface area contributed by atoms with E-state index < -0.39 is 8.80 Å². The first-order valence-corrected chi connectivity index (χ1v) is 5.47. The second-order valence-corrected chi connectivity index (χ2v) is 5.18. The Morgan fingerprint density at radius 2 is 1.73 bits per heavy atom. The maximum absolute atomic E-state index is 5.16. The van der Waals surface area contributed by atoms with Crippen molar-refractivity contribution in [1.29, 1.82) is 0 Å². The van der Waals surface area contributed by atoms with Crippen LogP contribution in [0.1, 0.15) is 8.35 Å². The summed E-state index contributed by atoms with van der Waals surface area (Å²) in [6.07, 6.45) is 0. The predicted molar refractivity (Wildman–Crippen MR) is 46.1 cm³/mol. The van der Waals surface area contributed by atoms with Gasteiger partial charge in [0.05, 0.1) is 0 Å². The van der Waals surface area contributed by atoms with Gasteiger partial charge < -0.3 is 14.7 Å². The molecule has 0 atom stereocenters. The Morgan fingerprint density at radius 3 is 1.82 bits per heavy atom. The molecular weight excluding hydrogens is 191 g/mol. The summed E-state index contributed by atoms with van der Waals surface area (Å²) in [4.78, 5) is 0. The van der Waals surface area contributed by atoms with Crippen LogP contribution in [-0.2, 0) is 13.3 Å². The van der Waals surface area contributed by atoms with E-state index in [0.29, 0.717) is 5.05 Å². The van der Waals surface area contributed by atoms with Crippen molar-refractivity contribution < 1.29 is 44.3 Å². The maximum atomic E-state index is 5.16. The minimum atomic E-state index is -2.40. The van der Waals surface area contributed by atoms with E-state index in [1.807, 2.05) is 0 Å². The number of rotatable bonds is 3. The topological polar surface area (TPSA) is 27.7 Å². The predicted octanol–water partition coefficient (Wildman–Crippen LogP) is -1.67. The van der Waals surface area contributed by atoms with E-state index in [0.717, 1.165) is 0 Å². The Kier molecular flexibility index (Phi) is 8.64. The third-order valence-electron chi connectivity index (χ3n) is 1.07. The minimum absolute atomic E-state index is 0. The van der Waals surface area contributed by atoms with Crippen molar-refractivity contribution in [2.45, 2.75) is 13.5 Å². The Hall–Kier alpha value is 1.03. The van der Waals surface area contributed by atoms with Gasteiger partial charge in [-0.25, -0.2) is 0 Å². The second kappa shape index (κ2) is 6.53. The summed E-state index contributed by atoms with van der Waals surface area (Å²) in [6, 6.07) is 0. The van der Waals surface area contributed by atoms with E-state index >= 15 is 0 Å². The van der Waals surface area contributed by atoms with Gasteiger partial charge in [-0.2, -0.15) is 0 Å². The molecule has 0 aliphatic rings.